The molecule has 0 radical (unpaired) electrons. The molecule has 2 heterocycles. The number of hydrogen-bond donors (Lipinski definition) is 0. The third-order valence-corrected chi connectivity index (χ3v) is 4.00. The summed E-state index contributed by atoms with van der Waals surface area (Å²) in [6.07, 6.45) is 3.65. The molecule has 0 saturated heterocycles. The quantitative estimate of drug-likeness (QED) is 0.372. The Hall–Kier alpha value is -2.74. The zero-order valence-corrected chi connectivity index (χ0v) is 10.6. The molecule has 0 saturated carbocycles. The molecule has 0 unspecified atom stereocenters. The van der Waals surface area contributed by atoms with Gasteiger partial charge < -0.3 is 8.83 Å². The van der Waals surface area contributed by atoms with Gasteiger partial charge in [0.05, 0.1) is 12.5 Å². The van der Waals surface area contributed by atoms with Gasteiger partial charge in [0.25, 0.3) is 0 Å². The molecule has 1 aliphatic carbocycles. The number of hydrogen-bond acceptors (Lipinski definition) is 2. The summed E-state index contributed by atoms with van der Waals surface area (Å²) >= 11 is 0. The summed E-state index contributed by atoms with van der Waals surface area (Å²) in [7, 11) is 0. The summed E-state index contributed by atoms with van der Waals surface area (Å²) in [6, 6.07) is 16.3. The molecule has 3 aliphatic rings. The van der Waals surface area contributed by atoms with Gasteiger partial charge in [-0.2, -0.15) is 0 Å². The molecule has 0 spiro atoms. The Balaban J connectivity index is 2.07. The van der Waals surface area contributed by atoms with Crippen molar-refractivity contribution in [1.29, 1.82) is 0 Å². The second-order valence-corrected chi connectivity index (χ2v) is 5.04. The Morgan fingerprint density at radius 3 is 1.50 bits per heavy atom. The molecule has 2 aromatic carbocycles. The molecule has 2 heteroatoms. The first-order valence-corrected chi connectivity index (χ1v) is 6.61. The minimum atomic E-state index is 0.918. The highest BCUT2D eigenvalue weighted by molar-refractivity contribution is 6.19. The standard InChI is InChI=1S/C18H10O2/c1-3-7-15-11(5-1)17-13(9-19-15)14-10-20-16-8-4-2-6-12(16)18(14)17/h1-10H. The molecule has 0 atom stereocenters. The zero-order valence-electron chi connectivity index (χ0n) is 10.6. The predicted octanol–water partition coefficient (Wildman–Crippen LogP) is 5.39. The molecular weight excluding hydrogens is 248 g/mol. The summed E-state index contributed by atoms with van der Waals surface area (Å²) < 4.78 is 11.4. The molecule has 2 nitrogen and oxygen atoms in total. The smallest absolute Gasteiger partial charge is 0.134 e. The van der Waals surface area contributed by atoms with Crippen LogP contribution in [-0.2, 0) is 0 Å². The molecule has 0 fully saturated rings. The normalized spacial score (nSPS) is 12.0. The number of fused-ring (bicyclic) bond motifs is 8. The Morgan fingerprint density at radius 2 is 1.00 bits per heavy atom. The number of benzene rings is 2. The van der Waals surface area contributed by atoms with Crippen LogP contribution in [0.1, 0.15) is 0 Å². The fourth-order valence-corrected chi connectivity index (χ4v) is 3.08. The molecule has 0 aromatic heterocycles. The minimum absolute atomic E-state index is 0.918. The van der Waals surface area contributed by atoms with Gasteiger partial charge in [-0.25, -0.2) is 0 Å². The van der Waals surface area contributed by atoms with Crippen molar-refractivity contribution in [2.75, 3.05) is 0 Å². The van der Waals surface area contributed by atoms with Gasteiger partial charge in [-0.15, -0.1) is 0 Å². The van der Waals surface area contributed by atoms with E-state index in [0.29, 0.717) is 0 Å². The summed E-state index contributed by atoms with van der Waals surface area (Å²) in [4.78, 5) is 0. The first-order chi connectivity index (χ1) is 9.93. The van der Waals surface area contributed by atoms with Gasteiger partial charge in [-0.3, -0.25) is 0 Å². The fourth-order valence-electron chi connectivity index (χ4n) is 3.08. The van der Waals surface area contributed by atoms with Crippen LogP contribution in [0.3, 0.4) is 0 Å². The van der Waals surface area contributed by atoms with Crippen molar-refractivity contribution < 1.29 is 8.83 Å². The average Bonchev–Trinajstić information content (AvgIpc) is 2.49. The number of para-hydroxylation sites is 2. The summed E-state index contributed by atoms with van der Waals surface area (Å²) in [5.74, 6) is 0. The van der Waals surface area contributed by atoms with Crippen molar-refractivity contribution in [1.82, 2.24) is 0 Å². The van der Waals surface area contributed by atoms with Gasteiger partial charge in [0.15, 0.2) is 0 Å². The molecule has 5 rings (SSSR count). The average molecular weight is 258 g/mol. The van der Waals surface area contributed by atoms with E-state index in [1.165, 1.54) is 11.1 Å². The van der Waals surface area contributed by atoms with Crippen LogP contribution in [0.5, 0.6) is 0 Å². The molecular formula is C18H10O2. The SMILES string of the molecule is c1ccc2c3c4c5ccccc5occ-4c-3coc2c1. The van der Waals surface area contributed by atoms with Crippen molar-refractivity contribution in [2.45, 2.75) is 0 Å². The highest BCUT2D eigenvalue weighted by atomic mass is 16.3. The molecule has 0 bridgehead atoms. The Morgan fingerprint density at radius 1 is 0.550 bits per heavy atom. The van der Waals surface area contributed by atoms with Gasteiger partial charge in [-0.1, -0.05) is 36.4 Å². The molecule has 2 aliphatic heterocycles. The van der Waals surface area contributed by atoms with Gasteiger partial charge in [0.2, 0.25) is 0 Å². The van der Waals surface area contributed by atoms with Gasteiger partial charge in [0, 0.05) is 33.0 Å². The third-order valence-electron chi connectivity index (χ3n) is 4.00. The highest BCUT2D eigenvalue weighted by Crippen LogP contribution is 2.53. The first kappa shape index (κ1) is 10.1. The van der Waals surface area contributed by atoms with Crippen LogP contribution in [-0.4, -0.2) is 0 Å². The summed E-state index contributed by atoms with van der Waals surface area (Å²) in [5.41, 5.74) is 6.65. The van der Waals surface area contributed by atoms with Crippen molar-refractivity contribution >= 4 is 21.9 Å². The molecule has 20 heavy (non-hydrogen) atoms. The topological polar surface area (TPSA) is 26.3 Å². The predicted molar refractivity (Wildman–Crippen MR) is 79.2 cm³/mol. The minimum Gasteiger partial charge on any atom is -0.464 e. The van der Waals surface area contributed by atoms with Crippen LogP contribution in [0.2, 0.25) is 0 Å². The lowest BCUT2D eigenvalue weighted by atomic mass is 9.79. The van der Waals surface area contributed by atoms with Crippen molar-refractivity contribution in [3.63, 3.8) is 0 Å². The summed E-state index contributed by atoms with van der Waals surface area (Å²) in [5, 5.41) is 2.32. The van der Waals surface area contributed by atoms with Crippen LogP contribution < -0.4 is 0 Å². The van der Waals surface area contributed by atoms with Crippen molar-refractivity contribution in [3.8, 4) is 22.3 Å². The Kier molecular flexibility index (Phi) is 1.73. The van der Waals surface area contributed by atoms with E-state index in [4.69, 9.17) is 8.83 Å². The Bertz CT molecular complexity index is 920. The third kappa shape index (κ3) is 1.09. The van der Waals surface area contributed by atoms with Crippen LogP contribution in [0, 0.1) is 0 Å². The van der Waals surface area contributed by atoms with E-state index in [1.54, 1.807) is 0 Å². The van der Waals surface area contributed by atoms with E-state index in [2.05, 4.69) is 12.1 Å². The Labute approximate surface area is 114 Å². The zero-order chi connectivity index (χ0) is 13.1. The van der Waals surface area contributed by atoms with Gasteiger partial charge >= 0.3 is 0 Å². The fraction of sp³-hybridized carbons (Fsp3) is 0. The monoisotopic (exact) mass is 258 g/mol. The van der Waals surface area contributed by atoms with Gasteiger partial charge in [0.1, 0.15) is 11.2 Å². The summed E-state index contributed by atoms with van der Waals surface area (Å²) in [6.45, 7) is 0. The van der Waals surface area contributed by atoms with Crippen molar-refractivity contribution in [2.24, 2.45) is 0 Å². The highest BCUT2D eigenvalue weighted by Gasteiger charge is 2.28. The van der Waals surface area contributed by atoms with Crippen LogP contribution in [0.4, 0.5) is 0 Å². The maximum Gasteiger partial charge on any atom is 0.134 e. The van der Waals surface area contributed by atoms with E-state index in [-0.39, 0.29) is 0 Å². The van der Waals surface area contributed by atoms with Crippen LogP contribution in [0.15, 0.2) is 69.9 Å². The molecule has 2 aromatic rings. The first-order valence-electron chi connectivity index (χ1n) is 6.61. The number of rotatable bonds is 0. The van der Waals surface area contributed by atoms with Gasteiger partial charge in [-0.05, 0) is 12.1 Å². The van der Waals surface area contributed by atoms with Crippen LogP contribution in [0.25, 0.3) is 44.2 Å². The van der Waals surface area contributed by atoms with E-state index in [0.717, 1.165) is 33.1 Å². The van der Waals surface area contributed by atoms with E-state index in [1.807, 2.05) is 48.9 Å². The maximum atomic E-state index is 5.70. The molecule has 94 valence electrons. The lowest BCUT2D eigenvalue weighted by molar-refractivity contribution is 0.596. The second-order valence-electron chi connectivity index (χ2n) is 5.04. The van der Waals surface area contributed by atoms with E-state index in [9.17, 15) is 0 Å². The largest absolute Gasteiger partial charge is 0.464 e. The molecule has 0 N–H and O–H groups in total. The lowest BCUT2D eigenvalue weighted by Gasteiger charge is -2.25. The lowest BCUT2D eigenvalue weighted by Crippen LogP contribution is -2.00. The van der Waals surface area contributed by atoms with E-state index >= 15 is 0 Å². The molecule has 0 amide bonds. The van der Waals surface area contributed by atoms with Crippen molar-refractivity contribution in [3.05, 3.63) is 61.1 Å². The second kappa shape index (κ2) is 3.42. The van der Waals surface area contributed by atoms with Crippen LogP contribution >= 0.6 is 0 Å². The maximum absolute atomic E-state index is 5.70. The van der Waals surface area contributed by atoms with E-state index < -0.39 is 0 Å².